The molecule has 2 N–H and O–H groups in total. The lowest BCUT2D eigenvalue weighted by Gasteiger charge is -2.19. The van der Waals surface area contributed by atoms with Crippen molar-refractivity contribution in [3.05, 3.63) is 0 Å². The monoisotopic (exact) mass is 300 g/mol. The number of ether oxygens (including phenoxy) is 1. The highest BCUT2D eigenvalue weighted by Crippen LogP contribution is 2.18. The molecule has 0 unspecified atom stereocenters. The van der Waals surface area contributed by atoms with Gasteiger partial charge in [-0.2, -0.15) is 0 Å². The summed E-state index contributed by atoms with van der Waals surface area (Å²) < 4.78 is 4.92. The second-order valence-electron chi connectivity index (χ2n) is 5.76. The summed E-state index contributed by atoms with van der Waals surface area (Å²) in [7, 11) is 1.55. The fraction of sp³-hybridized carbons (Fsp3) is 0.786. The molecule has 1 aliphatic heterocycles. The van der Waals surface area contributed by atoms with Gasteiger partial charge in [0.1, 0.15) is 6.04 Å². The van der Waals surface area contributed by atoms with E-state index in [1.165, 1.54) is 0 Å². The Labute approximate surface area is 124 Å². The first-order chi connectivity index (χ1) is 9.85. The van der Waals surface area contributed by atoms with E-state index < -0.39 is 17.9 Å². The molecular weight excluding hydrogens is 276 g/mol. The van der Waals surface area contributed by atoms with Crippen LogP contribution in [-0.4, -0.2) is 60.6 Å². The Bertz CT molecular complexity index is 397. The number of hydrogen-bond donors (Lipinski definition) is 2. The van der Waals surface area contributed by atoms with Crippen molar-refractivity contribution in [2.45, 2.75) is 32.7 Å². The molecule has 0 aromatic carbocycles. The molecule has 0 spiro atoms. The van der Waals surface area contributed by atoms with Crippen molar-refractivity contribution in [3.63, 3.8) is 0 Å². The van der Waals surface area contributed by atoms with Crippen LogP contribution < -0.4 is 5.32 Å². The van der Waals surface area contributed by atoms with E-state index in [-0.39, 0.29) is 24.2 Å². The topological polar surface area (TPSA) is 95.9 Å². The van der Waals surface area contributed by atoms with Crippen LogP contribution >= 0.6 is 0 Å². The van der Waals surface area contributed by atoms with Gasteiger partial charge in [-0.25, -0.2) is 4.79 Å². The Balaban J connectivity index is 2.55. The van der Waals surface area contributed by atoms with Gasteiger partial charge >= 0.3 is 5.97 Å². The quantitative estimate of drug-likeness (QED) is 0.662. The highest BCUT2D eigenvalue weighted by molar-refractivity contribution is 5.91. The van der Waals surface area contributed by atoms with Crippen LogP contribution in [0.25, 0.3) is 0 Å². The van der Waals surface area contributed by atoms with Crippen LogP contribution in [0, 0.1) is 11.8 Å². The van der Waals surface area contributed by atoms with Gasteiger partial charge in [-0.05, 0) is 12.3 Å². The summed E-state index contributed by atoms with van der Waals surface area (Å²) in [5.74, 6) is -1.82. The fourth-order valence-electron chi connectivity index (χ4n) is 2.35. The molecule has 2 amide bonds. The minimum Gasteiger partial charge on any atom is -0.480 e. The number of amides is 2. The minimum atomic E-state index is -1.04. The summed E-state index contributed by atoms with van der Waals surface area (Å²) in [5.41, 5.74) is 0. The van der Waals surface area contributed by atoms with Crippen molar-refractivity contribution in [2.24, 2.45) is 11.8 Å². The van der Waals surface area contributed by atoms with Crippen LogP contribution in [-0.2, 0) is 19.1 Å². The number of rotatable bonds is 8. The Hall–Kier alpha value is -1.63. The van der Waals surface area contributed by atoms with Gasteiger partial charge < -0.3 is 20.1 Å². The number of carbonyl (C=O) groups is 3. The molecule has 7 nitrogen and oxygen atoms in total. The zero-order chi connectivity index (χ0) is 16.0. The molecule has 1 rings (SSSR count). The second kappa shape index (κ2) is 7.97. The van der Waals surface area contributed by atoms with Crippen LogP contribution in [0.15, 0.2) is 0 Å². The van der Waals surface area contributed by atoms with Crippen molar-refractivity contribution in [1.29, 1.82) is 0 Å². The third-order valence-corrected chi connectivity index (χ3v) is 3.47. The van der Waals surface area contributed by atoms with E-state index in [0.29, 0.717) is 26.1 Å². The van der Waals surface area contributed by atoms with Gasteiger partial charge in [0.25, 0.3) is 0 Å². The third-order valence-electron chi connectivity index (χ3n) is 3.47. The van der Waals surface area contributed by atoms with E-state index >= 15 is 0 Å². The molecule has 0 aromatic rings. The van der Waals surface area contributed by atoms with E-state index in [0.717, 1.165) is 0 Å². The van der Waals surface area contributed by atoms with Crippen molar-refractivity contribution >= 4 is 17.8 Å². The molecule has 0 aliphatic carbocycles. The van der Waals surface area contributed by atoms with Crippen LogP contribution in [0.3, 0.4) is 0 Å². The predicted molar refractivity (Wildman–Crippen MR) is 75.6 cm³/mol. The molecule has 1 fully saturated rings. The van der Waals surface area contributed by atoms with E-state index in [2.05, 4.69) is 5.32 Å². The average Bonchev–Trinajstić information content (AvgIpc) is 2.76. The molecular formula is C14H24N2O5. The zero-order valence-electron chi connectivity index (χ0n) is 12.8. The minimum absolute atomic E-state index is 0.0945. The maximum absolute atomic E-state index is 12.1. The van der Waals surface area contributed by atoms with Crippen LogP contribution in [0.4, 0.5) is 0 Å². The molecule has 0 radical (unpaired) electrons. The SMILES string of the molecule is COCCN1C[C@@H](C(=O)N[C@H](CC(C)C)C(=O)O)CC1=O. The highest BCUT2D eigenvalue weighted by Gasteiger charge is 2.35. The lowest BCUT2D eigenvalue weighted by Crippen LogP contribution is -2.45. The fourth-order valence-corrected chi connectivity index (χ4v) is 2.35. The molecule has 1 saturated heterocycles. The number of nitrogens with zero attached hydrogens (tertiary/aromatic N) is 1. The number of aliphatic carboxylic acids is 1. The van der Waals surface area contributed by atoms with Crippen LogP contribution in [0.2, 0.25) is 0 Å². The maximum atomic E-state index is 12.1. The van der Waals surface area contributed by atoms with Crippen molar-refractivity contribution in [2.75, 3.05) is 26.8 Å². The van der Waals surface area contributed by atoms with Gasteiger partial charge in [-0.3, -0.25) is 9.59 Å². The number of carboxylic acids is 1. The number of methoxy groups -OCH3 is 1. The molecule has 0 bridgehead atoms. The van der Waals surface area contributed by atoms with Crippen molar-refractivity contribution in [3.8, 4) is 0 Å². The van der Waals surface area contributed by atoms with Gasteiger partial charge in [0.05, 0.1) is 12.5 Å². The average molecular weight is 300 g/mol. The number of nitrogens with one attached hydrogen (secondary N) is 1. The van der Waals surface area contributed by atoms with Gasteiger partial charge in [0.15, 0.2) is 0 Å². The van der Waals surface area contributed by atoms with Gasteiger partial charge in [0.2, 0.25) is 11.8 Å². The summed E-state index contributed by atoms with van der Waals surface area (Å²) in [6, 6.07) is -0.902. The molecule has 1 aliphatic rings. The Morgan fingerprint density at radius 1 is 1.48 bits per heavy atom. The van der Waals surface area contributed by atoms with Crippen LogP contribution in [0.5, 0.6) is 0 Å². The first-order valence-electron chi connectivity index (χ1n) is 7.15. The Morgan fingerprint density at radius 3 is 2.67 bits per heavy atom. The standard InChI is InChI=1S/C14H24N2O5/c1-9(2)6-11(14(19)20)15-13(18)10-7-12(17)16(8-10)4-5-21-3/h9-11H,4-8H2,1-3H3,(H,15,18)(H,19,20)/t10-,11+/m0/s1. The summed E-state index contributed by atoms with van der Waals surface area (Å²) >= 11 is 0. The summed E-state index contributed by atoms with van der Waals surface area (Å²) in [4.78, 5) is 36.6. The number of likely N-dealkylation sites (tertiary alicyclic amines) is 1. The van der Waals surface area contributed by atoms with Gasteiger partial charge in [-0.1, -0.05) is 13.8 Å². The van der Waals surface area contributed by atoms with E-state index in [4.69, 9.17) is 9.84 Å². The molecule has 7 heteroatoms. The summed E-state index contributed by atoms with van der Waals surface area (Å²) in [5, 5.41) is 11.7. The predicted octanol–water partition coefficient (Wildman–Crippen LogP) is 0.0968. The first kappa shape index (κ1) is 17.4. The number of hydrogen-bond acceptors (Lipinski definition) is 4. The van der Waals surface area contributed by atoms with E-state index in [1.807, 2.05) is 13.8 Å². The number of carbonyl (C=O) groups excluding carboxylic acids is 2. The summed E-state index contributed by atoms with van der Waals surface area (Å²) in [6.45, 7) is 4.99. The molecule has 120 valence electrons. The van der Waals surface area contributed by atoms with Gasteiger partial charge in [0, 0.05) is 26.6 Å². The largest absolute Gasteiger partial charge is 0.480 e. The van der Waals surface area contributed by atoms with Crippen molar-refractivity contribution < 1.29 is 24.2 Å². The van der Waals surface area contributed by atoms with Gasteiger partial charge in [-0.15, -0.1) is 0 Å². The smallest absolute Gasteiger partial charge is 0.326 e. The second-order valence-corrected chi connectivity index (χ2v) is 5.76. The lowest BCUT2D eigenvalue weighted by atomic mass is 10.0. The number of carboxylic acid groups (broad SMARTS) is 1. The summed E-state index contributed by atoms with van der Waals surface area (Å²) in [6.07, 6.45) is 0.499. The maximum Gasteiger partial charge on any atom is 0.326 e. The van der Waals surface area contributed by atoms with E-state index in [1.54, 1.807) is 12.0 Å². The molecule has 2 atom stereocenters. The zero-order valence-corrected chi connectivity index (χ0v) is 12.8. The molecule has 21 heavy (non-hydrogen) atoms. The van der Waals surface area contributed by atoms with Crippen LogP contribution in [0.1, 0.15) is 26.7 Å². The highest BCUT2D eigenvalue weighted by atomic mass is 16.5. The molecule has 0 saturated carbocycles. The molecule has 0 aromatic heterocycles. The first-order valence-corrected chi connectivity index (χ1v) is 7.15. The Kier molecular flexibility index (Phi) is 6.61. The van der Waals surface area contributed by atoms with Crippen molar-refractivity contribution in [1.82, 2.24) is 10.2 Å². The normalized spacial score (nSPS) is 19.9. The third kappa shape index (κ3) is 5.34. The lowest BCUT2D eigenvalue weighted by molar-refractivity contribution is -0.142. The molecule has 1 heterocycles. The van der Waals surface area contributed by atoms with E-state index in [9.17, 15) is 14.4 Å². The Morgan fingerprint density at radius 2 is 2.14 bits per heavy atom.